The summed E-state index contributed by atoms with van der Waals surface area (Å²) in [4.78, 5) is 15.5. The van der Waals surface area contributed by atoms with E-state index in [9.17, 15) is 4.79 Å². The van der Waals surface area contributed by atoms with Gasteiger partial charge in [-0.3, -0.25) is 9.69 Å². The molecule has 2 unspecified atom stereocenters. The molecule has 0 aromatic rings. The van der Waals surface area contributed by atoms with Gasteiger partial charge in [0.2, 0.25) is 0 Å². The maximum absolute atomic E-state index is 11.0. The van der Waals surface area contributed by atoms with Crippen LogP contribution in [0.2, 0.25) is 0 Å². The first-order valence-corrected chi connectivity index (χ1v) is 6.77. The zero-order chi connectivity index (χ0) is 14.1. The second kappa shape index (κ2) is 9.30. The fraction of sp³-hybridized carbons (Fsp3) is 0.923. The van der Waals surface area contributed by atoms with Crippen molar-refractivity contribution in [3.8, 4) is 0 Å². The summed E-state index contributed by atoms with van der Waals surface area (Å²) in [5.74, 6) is -0.756. The summed E-state index contributed by atoms with van der Waals surface area (Å²) in [6.07, 6.45) is 0.648. The zero-order valence-electron chi connectivity index (χ0n) is 12.4. The lowest BCUT2D eigenvalue weighted by Crippen LogP contribution is -2.44. The van der Waals surface area contributed by atoms with Crippen LogP contribution in [0.1, 0.15) is 27.2 Å². The molecule has 0 aromatic heterocycles. The van der Waals surface area contributed by atoms with E-state index in [-0.39, 0.29) is 0 Å². The third-order valence-corrected chi connectivity index (χ3v) is 3.11. The molecule has 18 heavy (non-hydrogen) atoms. The minimum Gasteiger partial charge on any atom is -0.480 e. The van der Waals surface area contributed by atoms with Gasteiger partial charge in [-0.05, 0) is 40.5 Å². The largest absolute Gasteiger partial charge is 0.480 e. The van der Waals surface area contributed by atoms with E-state index in [0.717, 1.165) is 19.6 Å². The van der Waals surface area contributed by atoms with Gasteiger partial charge in [0, 0.05) is 19.1 Å². The number of nitrogens with zero attached hydrogens (tertiary/aromatic N) is 2. The molecule has 0 radical (unpaired) electrons. The highest BCUT2D eigenvalue weighted by Crippen LogP contribution is 2.04. The summed E-state index contributed by atoms with van der Waals surface area (Å²) in [5.41, 5.74) is 0. The lowest BCUT2D eigenvalue weighted by atomic mass is 10.1. The van der Waals surface area contributed by atoms with Crippen LogP contribution in [-0.2, 0) is 4.79 Å². The van der Waals surface area contributed by atoms with Gasteiger partial charge in [0.1, 0.15) is 6.04 Å². The topological polar surface area (TPSA) is 55.8 Å². The predicted molar refractivity (Wildman–Crippen MR) is 75.0 cm³/mol. The molecule has 0 rings (SSSR count). The average molecular weight is 259 g/mol. The Hall–Kier alpha value is -0.650. The van der Waals surface area contributed by atoms with Gasteiger partial charge in [0.05, 0.1) is 0 Å². The van der Waals surface area contributed by atoms with Crippen LogP contribution in [0.15, 0.2) is 0 Å². The molecule has 108 valence electrons. The summed E-state index contributed by atoms with van der Waals surface area (Å²) < 4.78 is 0. The molecule has 0 spiro atoms. The van der Waals surface area contributed by atoms with E-state index < -0.39 is 12.0 Å². The predicted octanol–water partition coefficient (Wildman–Crippen LogP) is 0.711. The number of hydrogen-bond acceptors (Lipinski definition) is 4. The molecule has 0 saturated carbocycles. The lowest BCUT2D eigenvalue weighted by molar-refractivity contribution is -0.139. The molecule has 0 saturated heterocycles. The average Bonchev–Trinajstić information content (AvgIpc) is 2.27. The summed E-state index contributed by atoms with van der Waals surface area (Å²) in [7, 11) is 4.12. The number of carboxylic acid groups (broad SMARTS) is 1. The second-order valence-corrected chi connectivity index (χ2v) is 4.98. The normalized spacial score (nSPS) is 15.1. The molecule has 0 heterocycles. The van der Waals surface area contributed by atoms with E-state index in [1.54, 1.807) is 0 Å². The van der Waals surface area contributed by atoms with Crippen molar-refractivity contribution in [1.82, 2.24) is 15.1 Å². The Morgan fingerprint density at radius 2 is 1.94 bits per heavy atom. The van der Waals surface area contributed by atoms with Crippen LogP contribution in [0, 0.1) is 0 Å². The molecule has 5 nitrogen and oxygen atoms in total. The number of rotatable bonds is 10. The maximum atomic E-state index is 11.0. The first-order chi connectivity index (χ1) is 8.42. The molecule has 5 heteroatoms. The Balaban J connectivity index is 4.22. The highest BCUT2D eigenvalue weighted by Gasteiger charge is 2.19. The third-order valence-electron chi connectivity index (χ3n) is 3.11. The number of nitrogens with one attached hydrogen (secondary N) is 1. The highest BCUT2D eigenvalue weighted by molar-refractivity contribution is 5.73. The van der Waals surface area contributed by atoms with Gasteiger partial charge in [-0.25, -0.2) is 0 Å². The third kappa shape index (κ3) is 6.93. The Kier molecular flexibility index (Phi) is 8.97. The maximum Gasteiger partial charge on any atom is 0.320 e. The van der Waals surface area contributed by atoms with E-state index in [2.05, 4.69) is 43.1 Å². The molecular weight excluding hydrogens is 230 g/mol. The van der Waals surface area contributed by atoms with Crippen molar-refractivity contribution < 1.29 is 9.90 Å². The van der Waals surface area contributed by atoms with Gasteiger partial charge in [0.15, 0.2) is 0 Å². The van der Waals surface area contributed by atoms with Crippen LogP contribution >= 0.6 is 0 Å². The van der Waals surface area contributed by atoms with Gasteiger partial charge in [-0.15, -0.1) is 0 Å². The Bertz CT molecular complexity index is 234. The molecule has 0 aliphatic carbocycles. The second-order valence-electron chi connectivity index (χ2n) is 4.98. The molecule has 0 bridgehead atoms. The number of hydrogen-bond donors (Lipinski definition) is 2. The Labute approximate surface area is 111 Å². The molecule has 0 amide bonds. The lowest BCUT2D eigenvalue weighted by Gasteiger charge is -2.30. The Morgan fingerprint density at radius 3 is 2.33 bits per heavy atom. The summed E-state index contributed by atoms with van der Waals surface area (Å²) >= 11 is 0. The van der Waals surface area contributed by atoms with E-state index in [1.165, 1.54) is 0 Å². The van der Waals surface area contributed by atoms with Crippen molar-refractivity contribution in [3.05, 3.63) is 0 Å². The van der Waals surface area contributed by atoms with Gasteiger partial charge in [-0.1, -0.05) is 13.8 Å². The van der Waals surface area contributed by atoms with Crippen molar-refractivity contribution in [2.45, 2.75) is 39.3 Å². The number of carbonyl (C=O) groups is 1. The van der Waals surface area contributed by atoms with Crippen molar-refractivity contribution in [1.29, 1.82) is 0 Å². The summed E-state index contributed by atoms with van der Waals surface area (Å²) in [5, 5.41) is 12.1. The standard InChI is InChI=1S/C13H29N3O2/c1-6-14-12(13(17)18)8-9-16(7-2)11(3)10-15(4)5/h11-12,14H,6-10H2,1-5H3,(H,17,18). The van der Waals surface area contributed by atoms with Gasteiger partial charge in [-0.2, -0.15) is 0 Å². The number of aliphatic carboxylic acids is 1. The summed E-state index contributed by atoms with van der Waals surface area (Å²) in [6.45, 7) is 9.69. The van der Waals surface area contributed by atoms with Crippen LogP contribution in [-0.4, -0.2) is 73.2 Å². The first kappa shape index (κ1) is 17.4. The van der Waals surface area contributed by atoms with Crippen LogP contribution in [0.25, 0.3) is 0 Å². The fourth-order valence-corrected chi connectivity index (χ4v) is 2.19. The van der Waals surface area contributed by atoms with E-state index >= 15 is 0 Å². The number of carboxylic acids is 1. The fourth-order valence-electron chi connectivity index (χ4n) is 2.19. The van der Waals surface area contributed by atoms with Crippen molar-refractivity contribution >= 4 is 5.97 Å². The summed E-state index contributed by atoms with van der Waals surface area (Å²) in [6, 6.07) is 0.0108. The van der Waals surface area contributed by atoms with Gasteiger partial charge < -0.3 is 15.3 Å². The van der Waals surface area contributed by atoms with E-state index in [4.69, 9.17) is 5.11 Å². The Morgan fingerprint density at radius 1 is 1.33 bits per heavy atom. The molecule has 0 aliphatic rings. The monoisotopic (exact) mass is 259 g/mol. The molecule has 2 atom stereocenters. The van der Waals surface area contributed by atoms with Gasteiger partial charge >= 0.3 is 5.97 Å². The molecular formula is C13H29N3O2. The minimum atomic E-state index is -0.756. The van der Waals surface area contributed by atoms with Crippen LogP contribution in [0.4, 0.5) is 0 Å². The van der Waals surface area contributed by atoms with Crippen LogP contribution in [0.3, 0.4) is 0 Å². The quantitative estimate of drug-likeness (QED) is 0.605. The van der Waals surface area contributed by atoms with E-state index in [0.29, 0.717) is 19.0 Å². The van der Waals surface area contributed by atoms with Gasteiger partial charge in [0.25, 0.3) is 0 Å². The molecule has 2 N–H and O–H groups in total. The SMILES string of the molecule is CCNC(CCN(CC)C(C)CN(C)C)C(=O)O. The van der Waals surface area contributed by atoms with Crippen molar-refractivity contribution in [2.75, 3.05) is 40.3 Å². The molecule has 0 aromatic carbocycles. The molecule has 0 fully saturated rings. The molecule has 0 aliphatic heterocycles. The van der Waals surface area contributed by atoms with Crippen molar-refractivity contribution in [2.24, 2.45) is 0 Å². The van der Waals surface area contributed by atoms with Crippen molar-refractivity contribution in [3.63, 3.8) is 0 Å². The van der Waals surface area contributed by atoms with E-state index in [1.807, 2.05) is 6.92 Å². The number of likely N-dealkylation sites (N-methyl/N-ethyl adjacent to an activating group) is 3. The minimum absolute atomic E-state index is 0.435. The first-order valence-electron chi connectivity index (χ1n) is 6.77. The zero-order valence-corrected chi connectivity index (χ0v) is 12.4. The highest BCUT2D eigenvalue weighted by atomic mass is 16.4. The van der Waals surface area contributed by atoms with Crippen LogP contribution < -0.4 is 5.32 Å². The smallest absolute Gasteiger partial charge is 0.320 e. The van der Waals surface area contributed by atoms with Crippen LogP contribution in [0.5, 0.6) is 0 Å².